The maximum Gasteiger partial charge on any atom is 0.306 e. The highest BCUT2D eigenvalue weighted by atomic mass is 35.5. The first-order valence-electron chi connectivity index (χ1n) is 7.75. The molecule has 1 aromatic heterocycles. The van der Waals surface area contributed by atoms with E-state index in [1.54, 1.807) is 12.1 Å². The number of ether oxygens (including phenoxy) is 1. The van der Waals surface area contributed by atoms with Crippen molar-refractivity contribution < 1.29 is 14.3 Å². The van der Waals surface area contributed by atoms with Crippen molar-refractivity contribution in [2.24, 2.45) is 0 Å². The van der Waals surface area contributed by atoms with Gasteiger partial charge in [0, 0.05) is 24.5 Å². The molecular weight excluding hydrogens is 363 g/mol. The molecule has 0 aliphatic carbocycles. The zero-order chi connectivity index (χ0) is 18.4. The van der Waals surface area contributed by atoms with Crippen LogP contribution in [-0.4, -0.2) is 23.0 Å². The summed E-state index contributed by atoms with van der Waals surface area (Å²) in [6.07, 6.45) is 3.49. The van der Waals surface area contributed by atoms with Gasteiger partial charge in [0.2, 0.25) is 0 Å². The fourth-order valence-corrected chi connectivity index (χ4v) is 2.68. The summed E-state index contributed by atoms with van der Waals surface area (Å²) in [7, 11) is 0. The van der Waals surface area contributed by atoms with Crippen LogP contribution in [0.2, 0.25) is 10.0 Å². The summed E-state index contributed by atoms with van der Waals surface area (Å²) < 4.78 is 5.09. The molecule has 0 unspecified atom stereocenters. The Morgan fingerprint density at radius 3 is 2.28 bits per heavy atom. The number of anilines is 1. The van der Waals surface area contributed by atoms with E-state index in [0.717, 1.165) is 5.56 Å². The van der Waals surface area contributed by atoms with Crippen LogP contribution in [0.4, 0.5) is 5.69 Å². The van der Waals surface area contributed by atoms with Gasteiger partial charge in [0.25, 0.3) is 5.91 Å². The van der Waals surface area contributed by atoms with E-state index in [1.807, 2.05) is 26.0 Å². The molecule has 0 saturated heterocycles. The van der Waals surface area contributed by atoms with Gasteiger partial charge in [-0.2, -0.15) is 0 Å². The van der Waals surface area contributed by atoms with E-state index >= 15 is 0 Å². The van der Waals surface area contributed by atoms with Crippen LogP contribution in [0, 0.1) is 0 Å². The number of amides is 1. The monoisotopic (exact) mass is 380 g/mol. The number of carbonyl (C=O) groups excluding carboxylic acids is 2. The third kappa shape index (κ3) is 5.73. The first-order chi connectivity index (χ1) is 11.9. The van der Waals surface area contributed by atoms with E-state index in [4.69, 9.17) is 27.9 Å². The normalized spacial score (nSPS) is 10.6. The molecule has 0 atom stereocenters. The Labute approximate surface area is 156 Å². The number of esters is 1. The third-order valence-corrected chi connectivity index (χ3v) is 3.85. The topological polar surface area (TPSA) is 68.3 Å². The lowest BCUT2D eigenvalue weighted by Gasteiger charge is -2.09. The van der Waals surface area contributed by atoms with Gasteiger partial charge in [-0.25, -0.2) is 0 Å². The quantitative estimate of drug-likeness (QED) is 0.747. The second kappa shape index (κ2) is 8.83. The Morgan fingerprint density at radius 2 is 1.72 bits per heavy atom. The van der Waals surface area contributed by atoms with E-state index in [0.29, 0.717) is 18.5 Å². The predicted molar refractivity (Wildman–Crippen MR) is 98.2 cm³/mol. The molecule has 25 heavy (non-hydrogen) atoms. The molecule has 0 fully saturated rings. The second-order valence-corrected chi connectivity index (χ2v) is 6.48. The number of aryl methyl sites for hydroxylation is 1. The maximum absolute atomic E-state index is 12.3. The number of nitrogens with zero attached hydrogens (tertiary/aromatic N) is 1. The third-order valence-electron chi connectivity index (χ3n) is 3.28. The van der Waals surface area contributed by atoms with Crippen molar-refractivity contribution in [1.82, 2.24) is 4.98 Å². The van der Waals surface area contributed by atoms with E-state index < -0.39 is 5.91 Å². The first-order valence-corrected chi connectivity index (χ1v) is 8.51. The fourth-order valence-electron chi connectivity index (χ4n) is 2.14. The zero-order valence-corrected chi connectivity index (χ0v) is 15.4. The first kappa shape index (κ1) is 19.2. The molecule has 1 N–H and O–H groups in total. The molecule has 0 aliphatic rings. The molecule has 0 spiro atoms. The van der Waals surface area contributed by atoms with Gasteiger partial charge in [-0.15, -0.1) is 0 Å². The Kier molecular flexibility index (Phi) is 6.79. The molecule has 5 nitrogen and oxygen atoms in total. The van der Waals surface area contributed by atoms with Gasteiger partial charge in [-0.1, -0.05) is 35.3 Å². The van der Waals surface area contributed by atoms with Crippen LogP contribution in [0.25, 0.3) is 0 Å². The molecular formula is C18H18Cl2N2O3. The van der Waals surface area contributed by atoms with Gasteiger partial charge in [-0.05, 0) is 38.0 Å². The number of carbonyl (C=O) groups is 2. The van der Waals surface area contributed by atoms with Crippen LogP contribution in [-0.2, 0) is 16.0 Å². The van der Waals surface area contributed by atoms with Crippen LogP contribution in [0.5, 0.6) is 0 Å². The molecule has 1 aromatic carbocycles. The molecule has 1 amide bonds. The van der Waals surface area contributed by atoms with Crippen LogP contribution in [0.1, 0.15) is 36.2 Å². The lowest BCUT2D eigenvalue weighted by molar-refractivity contribution is -0.147. The van der Waals surface area contributed by atoms with E-state index in [1.165, 1.54) is 12.4 Å². The molecule has 0 radical (unpaired) electrons. The highest BCUT2D eigenvalue weighted by Crippen LogP contribution is 2.24. The van der Waals surface area contributed by atoms with Gasteiger partial charge >= 0.3 is 5.97 Å². The van der Waals surface area contributed by atoms with Crippen LogP contribution in [0.15, 0.2) is 36.7 Å². The van der Waals surface area contributed by atoms with Gasteiger partial charge in [0.05, 0.1) is 21.7 Å². The average molecular weight is 381 g/mol. The minimum Gasteiger partial charge on any atom is -0.463 e. The van der Waals surface area contributed by atoms with Crippen LogP contribution < -0.4 is 5.32 Å². The fraction of sp³-hybridized carbons (Fsp3) is 0.278. The predicted octanol–water partition coefficient (Wildman–Crippen LogP) is 4.52. The number of pyridine rings is 1. The summed E-state index contributed by atoms with van der Waals surface area (Å²) in [5.41, 5.74) is 1.75. The number of benzene rings is 1. The SMILES string of the molecule is CC(C)OC(=O)CCc1ccc(NC(=O)c2c(Cl)cncc2Cl)cc1. The Morgan fingerprint density at radius 1 is 1.12 bits per heavy atom. The van der Waals surface area contributed by atoms with Crippen molar-refractivity contribution in [3.63, 3.8) is 0 Å². The lowest BCUT2D eigenvalue weighted by Crippen LogP contribution is -2.13. The second-order valence-electron chi connectivity index (χ2n) is 5.67. The van der Waals surface area contributed by atoms with Crippen molar-refractivity contribution in [3.8, 4) is 0 Å². The van der Waals surface area contributed by atoms with Crippen LogP contribution in [0.3, 0.4) is 0 Å². The van der Waals surface area contributed by atoms with E-state index in [2.05, 4.69) is 10.3 Å². The summed E-state index contributed by atoms with van der Waals surface area (Å²) in [5, 5.41) is 3.10. The van der Waals surface area contributed by atoms with Crippen molar-refractivity contribution in [2.45, 2.75) is 32.8 Å². The molecule has 2 rings (SSSR count). The van der Waals surface area contributed by atoms with E-state index in [-0.39, 0.29) is 27.7 Å². The van der Waals surface area contributed by atoms with Crippen molar-refractivity contribution >= 4 is 40.8 Å². The smallest absolute Gasteiger partial charge is 0.306 e. The van der Waals surface area contributed by atoms with Gasteiger partial charge < -0.3 is 10.1 Å². The Bertz CT molecular complexity index is 741. The molecule has 0 aliphatic heterocycles. The molecule has 0 saturated carbocycles. The van der Waals surface area contributed by atoms with Crippen molar-refractivity contribution in [2.75, 3.05) is 5.32 Å². The largest absolute Gasteiger partial charge is 0.463 e. The summed E-state index contributed by atoms with van der Waals surface area (Å²) in [4.78, 5) is 27.7. The molecule has 2 aromatic rings. The number of hydrogen-bond acceptors (Lipinski definition) is 4. The minimum absolute atomic E-state index is 0.114. The summed E-state index contributed by atoms with van der Waals surface area (Å²) >= 11 is 11.9. The number of aromatic nitrogens is 1. The number of nitrogens with one attached hydrogen (secondary N) is 1. The number of halogens is 2. The Hall–Kier alpha value is -2.11. The number of hydrogen-bond donors (Lipinski definition) is 1. The Balaban J connectivity index is 1.96. The highest BCUT2D eigenvalue weighted by Gasteiger charge is 2.15. The van der Waals surface area contributed by atoms with Crippen molar-refractivity contribution in [1.29, 1.82) is 0 Å². The molecule has 0 bridgehead atoms. The average Bonchev–Trinajstić information content (AvgIpc) is 2.53. The van der Waals surface area contributed by atoms with Gasteiger partial charge in [0.1, 0.15) is 0 Å². The summed E-state index contributed by atoms with van der Waals surface area (Å²) in [6.45, 7) is 3.63. The van der Waals surface area contributed by atoms with E-state index in [9.17, 15) is 9.59 Å². The van der Waals surface area contributed by atoms with Gasteiger partial charge in [0.15, 0.2) is 0 Å². The number of rotatable bonds is 6. The zero-order valence-electron chi connectivity index (χ0n) is 13.9. The van der Waals surface area contributed by atoms with Crippen LogP contribution >= 0.6 is 23.2 Å². The molecule has 132 valence electrons. The maximum atomic E-state index is 12.3. The highest BCUT2D eigenvalue weighted by molar-refractivity contribution is 6.40. The molecule has 1 heterocycles. The summed E-state index contributed by atoms with van der Waals surface area (Å²) in [6, 6.07) is 7.19. The van der Waals surface area contributed by atoms with Crippen molar-refractivity contribution in [3.05, 3.63) is 57.8 Å². The van der Waals surface area contributed by atoms with Gasteiger partial charge in [-0.3, -0.25) is 14.6 Å². The standard InChI is InChI=1S/C18H18Cl2N2O3/c1-11(2)25-16(23)8-5-12-3-6-13(7-4-12)22-18(24)17-14(19)9-21-10-15(17)20/h3-4,6-7,9-11H,5,8H2,1-2H3,(H,22,24). The summed E-state index contributed by atoms with van der Waals surface area (Å²) in [5.74, 6) is -0.639. The molecule has 7 heteroatoms. The minimum atomic E-state index is -0.411. The lowest BCUT2D eigenvalue weighted by atomic mass is 10.1.